The van der Waals surface area contributed by atoms with E-state index in [9.17, 15) is 9.59 Å². The van der Waals surface area contributed by atoms with Crippen LogP contribution < -0.4 is 10.1 Å². The predicted octanol–water partition coefficient (Wildman–Crippen LogP) is 3.27. The van der Waals surface area contributed by atoms with Crippen molar-refractivity contribution in [3.8, 4) is 5.75 Å². The Bertz CT molecular complexity index is 1230. The molecule has 1 saturated carbocycles. The normalized spacial score (nSPS) is 28.4. The van der Waals surface area contributed by atoms with E-state index in [1.54, 1.807) is 4.90 Å². The first-order valence-corrected chi connectivity index (χ1v) is 14.8. The van der Waals surface area contributed by atoms with Gasteiger partial charge in [-0.05, 0) is 76.0 Å². The summed E-state index contributed by atoms with van der Waals surface area (Å²) in [6.07, 6.45) is 4.27. The maximum Gasteiger partial charge on any atom is 0.415 e. The van der Waals surface area contributed by atoms with Crippen LogP contribution in [0.4, 0.5) is 9.59 Å². The van der Waals surface area contributed by atoms with Gasteiger partial charge in [0.2, 0.25) is 0 Å². The van der Waals surface area contributed by atoms with E-state index >= 15 is 0 Å². The van der Waals surface area contributed by atoms with Crippen LogP contribution in [0, 0.1) is 11.8 Å². The smallest absolute Gasteiger partial charge is 0.410 e. The van der Waals surface area contributed by atoms with Crippen molar-refractivity contribution < 1.29 is 14.3 Å². The molecule has 7 rings (SSSR count). The van der Waals surface area contributed by atoms with Crippen LogP contribution >= 0.6 is 0 Å². The van der Waals surface area contributed by atoms with Gasteiger partial charge in [-0.1, -0.05) is 13.3 Å². The van der Waals surface area contributed by atoms with Gasteiger partial charge in [0.05, 0.1) is 5.52 Å². The van der Waals surface area contributed by atoms with Crippen LogP contribution in [0.25, 0.3) is 10.9 Å². The monoisotopic (exact) mass is 536 g/mol. The van der Waals surface area contributed by atoms with Gasteiger partial charge in [-0.3, -0.25) is 9.47 Å². The van der Waals surface area contributed by atoms with Crippen molar-refractivity contribution in [2.24, 2.45) is 11.8 Å². The molecule has 0 spiro atoms. The summed E-state index contributed by atoms with van der Waals surface area (Å²) in [5.74, 6) is 2.28. The Kier molecular flexibility index (Phi) is 7.33. The van der Waals surface area contributed by atoms with Gasteiger partial charge >= 0.3 is 12.1 Å². The number of rotatable bonds is 5. The molecule has 1 N–H and O–H groups in total. The van der Waals surface area contributed by atoms with E-state index in [2.05, 4.69) is 34.0 Å². The molecule has 4 bridgehead atoms. The third-order valence-corrected chi connectivity index (χ3v) is 9.65. The van der Waals surface area contributed by atoms with Crippen molar-refractivity contribution in [3.05, 3.63) is 29.5 Å². The molecule has 2 amide bonds. The van der Waals surface area contributed by atoms with E-state index < -0.39 is 0 Å². The van der Waals surface area contributed by atoms with Crippen LogP contribution in [0.2, 0.25) is 0 Å². The highest BCUT2D eigenvalue weighted by molar-refractivity contribution is 5.96. The lowest BCUT2D eigenvalue weighted by molar-refractivity contribution is -0.0138. The SMILES string of the molecule is CC[C@H]1C[C@@H]2C[C@H]3c4c(c5cc(OC(=O)N6CCN(C)CC6)ccc5n4C(=O)NCCN(C)C)CCN(C2)[C@@H]13. The first kappa shape index (κ1) is 26.6. The van der Waals surface area contributed by atoms with Gasteiger partial charge in [-0.25, -0.2) is 9.59 Å². The number of piperidine rings is 2. The van der Waals surface area contributed by atoms with E-state index in [-0.39, 0.29) is 12.1 Å². The maximum absolute atomic E-state index is 13.8. The Morgan fingerprint density at radius 2 is 1.90 bits per heavy atom. The second-order valence-electron chi connectivity index (χ2n) is 12.4. The van der Waals surface area contributed by atoms with Gasteiger partial charge in [-0.2, -0.15) is 0 Å². The minimum Gasteiger partial charge on any atom is -0.410 e. The van der Waals surface area contributed by atoms with Crippen molar-refractivity contribution in [2.45, 2.75) is 44.6 Å². The lowest BCUT2D eigenvalue weighted by Crippen LogP contribution is -2.56. The molecular formula is C30H44N6O3. The van der Waals surface area contributed by atoms with E-state index in [0.717, 1.165) is 49.9 Å². The molecule has 212 valence electrons. The summed E-state index contributed by atoms with van der Waals surface area (Å²) in [6.45, 7) is 8.98. The molecule has 4 aliphatic heterocycles. The minimum absolute atomic E-state index is 0.0479. The summed E-state index contributed by atoms with van der Waals surface area (Å²) in [4.78, 5) is 35.6. The molecule has 1 aromatic heterocycles. The van der Waals surface area contributed by atoms with Gasteiger partial charge in [0.25, 0.3) is 0 Å². The molecule has 5 aliphatic rings. The standard InChI is InChI=1S/C30H44N6O3/c1-5-21-16-20-17-25-27(21)35(19-20)10-8-23-24-18-22(39-30(38)34-14-12-33(4)13-15-34)6-7-26(24)36(28(23)25)29(37)31-9-11-32(2)3/h6-7,18,20-21,25,27H,5,8-17,19H2,1-4H3,(H,31,37)/t20-,21+,25-,27+/m1/s1. The summed E-state index contributed by atoms with van der Waals surface area (Å²) in [6, 6.07) is 6.29. The highest BCUT2D eigenvalue weighted by atomic mass is 16.6. The van der Waals surface area contributed by atoms with E-state index in [0.29, 0.717) is 49.2 Å². The number of nitrogens with one attached hydrogen (secondary N) is 1. The fourth-order valence-corrected chi connectivity index (χ4v) is 7.73. The molecule has 9 nitrogen and oxygen atoms in total. The molecule has 4 fully saturated rings. The number of fused-ring (bicyclic) bond motifs is 4. The lowest BCUT2D eigenvalue weighted by Gasteiger charge is -2.53. The van der Waals surface area contributed by atoms with Crippen LogP contribution in [-0.2, 0) is 6.42 Å². The zero-order valence-corrected chi connectivity index (χ0v) is 24.0. The number of piperazine rings is 1. The van der Waals surface area contributed by atoms with Crippen molar-refractivity contribution >= 4 is 23.0 Å². The molecule has 5 atom stereocenters. The van der Waals surface area contributed by atoms with Gasteiger partial charge in [-0.15, -0.1) is 0 Å². The summed E-state index contributed by atoms with van der Waals surface area (Å²) in [7, 11) is 6.11. The van der Waals surface area contributed by atoms with Crippen LogP contribution in [0.15, 0.2) is 18.2 Å². The summed E-state index contributed by atoms with van der Waals surface area (Å²) >= 11 is 0. The Labute approximate surface area is 232 Å². The zero-order valence-electron chi connectivity index (χ0n) is 24.0. The Hall–Kier alpha value is -2.62. The molecule has 2 aromatic rings. The van der Waals surface area contributed by atoms with E-state index in [1.807, 2.05) is 36.9 Å². The first-order chi connectivity index (χ1) is 18.8. The number of hydrogen-bond donors (Lipinski definition) is 1. The number of carbonyl (C=O) groups excluding carboxylic acids is 2. The van der Waals surface area contributed by atoms with Crippen LogP contribution in [-0.4, -0.2) is 116 Å². The highest BCUT2D eigenvalue weighted by Crippen LogP contribution is 2.52. The maximum atomic E-state index is 13.8. The van der Waals surface area contributed by atoms with E-state index in [4.69, 9.17) is 4.74 Å². The number of carbonyl (C=O) groups is 2. The number of aromatic nitrogens is 1. The average Bonchev–Trinajstić information content (AvgIpc) is 3.19. The molecule has 1 aliphatic carbocycles. The number of likely N-dealkylation sites (N-methyl/N-ethyl adjacent to an activating group) is 2. The van der Waals surface area contributed by atoms with Crippen molar-refractivity contribution in [2.75, 3.05) is 73.5 Å². The number of hydrogen-bond acceptors (Lipinski definition) is 6. The second-order valence-corrected chi connectivity index (χ2v) is 12.4. The molecule has 1 aromatic carbocycles. The Morgan fingerprint density at radius 3 is 2.64 bits per heavy atom. The van der Waals surface area contributed by atoms with Gasteiger partial charge in [0.1, 0.15) is 5.75 Å². The third-order valence-electron chi connectivity index (χ3n) is 9.65. The number of amides is 2. The second kappa shape index (κ2) is 10.7. The van der Waals surface area contributed by atoms with Gasteiger partial charge < -0.3 is 24.8 Å². The average molecular weight is 537 g/mol. The lowest BCUT2D eigenvalue weighted by atomic mass is 9.65. The Balaban J connectivity index is 1.38. The van der Waals surface area contributed by atoms with Crippen LogP contribution in [0.1, 0.15) is 43.4 Å². The van der Waals surface area contributed by atoms with Crippen LogP contribution in [0.5, 0.6) is 5.75 Å². The van der Waals surface area contributed by atoms with Crippen molar-refractivity contribution in [1.82, 2.24) is 29.5 Å². The molecule has 39 heavy (non-hydrogen) atoms. The van der Waals surface area contributed by atoms with Gasteiger partial charge in [0, 0.05) is 75.4 Å². The highest BCUT2D eigenvalue weighted by Gasteiger charge is 2.49. The quantitative estimate of drug-likeness (QED) is 0.633. The summed E-state index contributed by atoms with van der Waals surface area (Å²) in [5, 5.41) is 4.24. The molecule has 0 radical (unpaired) electrons. The molecule has 1 unspecified atom stereocenters. The van der Waals surface area contributed by atoms with Crippen molar-refractivity contribution in [1.29, 1.82) is 0 Å². The number of ether oxygens (including phenoxy) is 1. The minimum atomic E-state index is -0.292. The number of benzene rings is 1. The predicted molar refractivity (Wildman–Crippen MR) is 153 cm³/mol. The van der Waals surface area contributed by atoms with Gasteiger partial charge in [0.15, 0.2) is 0 Å². The fraction of sp³-hybridized carbons (Fsp3) is 0.667. The Morgan fingerprint density at radius 1 is 1.10 bits per heavy atom. The third kappa shape index (κ3) is 4.93. The topological polar surface area (TPSA) is 73.3 Å². The molecule has 3 saturated heterocycles. The van der Waals surface area contributed by atoms with Crippen molar-refractivity contribution in [3.63, 3.8) is 0 Å². The molecular weight excluding hydrogens is 492 g/mol. The summed E-state index contributed by atoms with van der Waals surface area (Å²) < 4.78 is 7.87. The van der Waals surface area contributed by atoms with Crippen LogP contribution in [0.3, 0.4) is 0 Å². The number of nitrogens with zero attached hydrogens (tertiary/aromatic N) is 5. The largest absolute Gasteiger partial charge is 0.415 e. The molecule has 5 heterocycles. The molecule has 9 heteroatoms. The summed E-state index contributed by atoms with van der Waals surface area (Å²) in [5.41, 5.74) is 3.38. The van der Waals surface area contributed by atoms with E-state index in [1.165, 1.54) is 30.6 Å². The zero-order chi connectivity index (χ0) is 27.3. The first-order valence-electron chi connectivity index (χ1n) is 14.8. The fourth-order valence-electron chi connectivity index (χ4n) is 7.73.